The van der Waals surface area contributed by atoms with Gasteiger partial charge in [0, 0.05) is 23.6 Å². The van der Waals surface area contributed by atoms with E-state index in [0.717, 1.165) is 54.8 Å². The molecule has 1 aliphatic rings. The predicted molar refractivity (Wildman–Crippen MR) is 187 cm³/mol. The molecule has 1 aliphatic heterocycles. The minimum atomic E-state index is -4.05. The average Bonchev–Trinajstić information content (AvgIpc) is 3.05. The Kier molecular flexibility index (Phi) is 11.3. The van der Waals surface area contributed by atoms with Gasteiger partial charge >= 0.3 is 10.1 Å². The van der Waals surface area contributed by atoms with Crippen molar-refractivity contribution in [3.63, 3.8) is 0 Å². The minimum absolute atomic E-state index is 0.0201. The highest BCUT2D eigenvalue weighted by Gasteiger charge is 2.27. The van der Waals surface area contributed by atoms with Crippen molar-refractivity contribution in [1.29, 1.82) is 5.26 Å². The zero-order chi connectivity index (χ0) is 33.7. The second kappa shape index (κ2) is 15.2. The lowest BCUT2D eigenvalue weighted by Gasteiger charge is -2.33. The van der Waals surface area contributed by atoms with Crippen LogP contribution >= 0.6 is 23.2 Å². The summed E-state index contributed by atoms with van der Waals surface area (Å²) in [6.07, 6.45) is 5.20. The van der Waals surface area contributed by atoms with E-state index < -0.39 is 26.8 Å². The fourth-order valence-electron chi connectivity index (χ4n) is 6.22. The minimum Gasteiger partial charge on any atom is -0.380 e. The number of amides is 1. The molecule has 1 saturated heterocycles. The molecule has 246 valence electrons. The second-order valence-corrected chi connectivity index (χ2v) is 15.5. The molecule has 2 atom stereocenters. The standard InChI is InChI=1S/C35H35Cl2N3O5S2/c1-46(42)32-10-6-5-8-28(32)23-13-16-40(17-14-23)18-15-26(24-11-12-30(36)31(37)20-24)22-39-35(41)33-29-9-4-3-7-25(29)19-27(21-38)34(33)45-47(2,43)44/h3-12,19-20,23,26H,13-18,22H2,1-2H3,(H,39,41)/t26-,46?/m1/s1. The molecule has 4 aromatic rings. The Hall–Kier alpha value is -3.46. The number of hydrogen-bond acceptors (Lipinski definition) is 7. The van der Waals surface area contributed by atoms with Crippen LogP contribution in [0.4, 0.5) is 0 Å². The van der Waals surface area contributed by atoms with Crippen molar-refractivity contribution < 1.29 is 21.6 Å². The Labute approximate surface area is 288 Å². The van der Waals surface area contributed by atoms with Crippen LogP contribution in [0.25, 0.3) is 10.8 Å². The number of rotatable bonds is 11. The van der Waals surface area contributed by atoms with Gasteiger partial charge < -0.3 is 14.4 Å². The first kappa shape index (κ1) is 34.9. The summed E-state index contributed by atoms with van der Waals surface area (Å²) in [5, 5.41) is 14.7. The fraction of sp³-hybridized carbons (Fsp3) is 0.314. The molecule has 1 fully saturated rings. The molecule has 0 aliphatic carbocycles. The number of benzene rings is 4. The number of piperidine rings is 1. The summed E-state index contributed by atoms with van der Waals surface area (Å²) in [7, 11) is -5.09. The van der Waals surface area contributed by atoms with Gasteiger partial charge in [0.15, 0.2) is 5.75 Å². The maximum atomic E-state index is 13.9. The van der Waals surface area contributed by atoms with Crippen molar-refractivity contribution in [3.8, 4) is 11.8 Å². The van der Waals surface area contributed by atoms with E-state index in [1.807, 2.05) is 30.3 Å². The Bertz CT molecular complexity index is 1970. The van der Waals surface area contributed by atoms with Crippen molar-refractivity contribution in [2.45, 2.75) is 36.0 Å². The van der Waals surface area contributed by atoms with Crippen LogP contribution < -0.4 is 9.50 Å². The van der Waals surface area contributed by atoms with Gasteiger partial charge in [-0.1, -0.05) is 71.7 Å². The summed E-state index contributed by atoms with van der Waals surface area (Å²) in [4.78, 5) is 17.2. The summed E-state index contributed by atoms with van der Waals surface area (Å²) < 4.78 is 41.9. The van der Waals surface area contributed by atoms with E-state index in [0.29, 0.717) is 33.2 Å². The van der Waals surface area contributed by atoms with Gasteiger partial charge in [0.1, 0.15) is 6.07 Å². The molecule has 1 N–H and O–H groups in total. The quantitative estimate of drug-likeness (QED) is 0.169. The molecule has 1 amide bonds. The molecule has 1 heterocycles. The van der Waals surface area contributed by atoms with Crippen molar-refractivity contribution in [1.82, 2.24) is 10.2 Å². The first-order chi connectivity index (χ1) is 22.4. The maximum Gasteiger partial charge on any atom is 0.306 e. The lowest BCUT2D eigenvalue weighted by Crippen LogP contribution is -2.36. The second-order valence-electron chi connectivity index (χ2n) is 11.7. The third-order valence-electron chi connectivity index (χ3n) is 8.56. The number of carbonyl (C=O) groups excluding carboxylic acids is 1. The van der Waals surface area contributed by atoms with Crippen LogP contribution in [0.3, 0.4) is 0 Å². The number of carbonyl (C=O) groups is 1. The largest absolute Gasteiger partial charge is 0.380 e. The third-order valence-corrected chi connectivity index (χ3v) is 10.8. The molecule has 5 rings (SSSR count). The lowest BCUT2D eigenvalue weighted by molar-refractivity contribution is 0.0949. The normalized spacial score (nSPS) is 15.6. The van der Waals surface area contributed by atoms with E-state index in [4.69, 9.17) is 27.4 Å². The van der Waals surface area contributed by atoms with E-state index in [1.54, 1.807) is 42.7 Å². The molecule has 8 nitrogen and oxygen atoms in total. The number of likely N-dealkylation sites (tertiary alicyclic amines) is 1. The Morgan fingerprint density at radius 3 is 2.45 bits per heavy atom. The Morgan fingerprint density at radius 2 is 1.77 bits per heavy atom. The predicted octanol–water partition coefficient (Wildman–Crippen LogP) is 6.88. The number of halogens is 2. The molecular weight excluding hydrogens is 677 g/mol. The van der Waals surface area contributed by atoms with Gasteiger partial charge in [0.25, 0.3) is 5.91 Å². The highest BCUT2D eigenvalue weighted by Crippen LogP contribution is 2.35. The Morgan fingerprint density at radius 1 is 1.06 bits per heavy atom. The molecule has 0 bridgehead atoms. The first-order valence-electron chi connectivity index (χ1n) is 15.2. The number of nitrogens with one attached hydrogen (secondary N) is 1. The zero-order valence-corrected chi connectivity index (χ0v) is 29.2. The van der Waals surface area contributed by atoms with Gasteiger partial charge in [-0.3, -0.25) is 9.00 Å². The molecule has 0 saturated carbocycles. The van der Waals surface area contributed by atoms with Crippen LogP contribution in [0.2, 0.25) is 10.0 Å². The van der Waals surface area contributed by atoms with Crippen LogP contribution in [0.1, 0.15) is 58.1 Å². The van der Waals surface area contributed by atoms with Crippen molar-refractivity contribution >= 4 is 60.8 Å². The fourth-order valence-corrected chi connectivity index (χ4v) is 7.84. The van der Waals surface area contributed by atoms with Crippen LogP contribution in [-0.2, 0) is 20.9 Å². The molecule has 1 unspecified atom stereocenters. The van der Waals surface area contributed by atoms with Gasteiger partial charge in [0.2, 0.25) is 0 Å². The highest BCUT2D eigenvalue weighted by molar-refractivity contribution is 7.86. The van der Waals surface area contributed by atoms with E-state index in [9.17, 15) is 22.7 Å². The number of nitriles is 1. The van der Waals surface area contributed by atoms with Gasteiger partial charge in [-0.2, -0.15) is 13.7 Å². The molecule has 4 aromatic carbocycles. The van der Waals surface area contributed by atoms with E-state index >= 15 is 0 Å². The lowest BCUT2D eigenvalue weighted by atomic mass is 9.88. The topological polar surface area (TPSA) is 117 Å². The molecule has 47 heavy (non-hydrogen) atoms. The SMILES string of the molecule is CS(=O)c1ccccc1C1CCN(CC[C@H](CNC(=O)c2c(OS(C)(=O)=O)c(C#N)cc3ccccc23)c2ccc(Cl)c(Cl)c2)CC1. The van der Waals surface area contributed by atoms with Crippen LogP contribution in [0.15, 0.2) is 77.7 Å². The van der Waals surface area contributed by atoms with Crippen LogP contribution in [-0.4, -0.2) is 62.1 Å². The van der Waals surface area contributed by atoms with E-state index in [2.05, 4.69) is 16.3 Å². The van der Waals surface area contributed by atoms with Crippen LogP contribution in [0.5, 0.6) is 5.75 Å². The first-order valence-corrected chi connectivity index (χ1v) is 19.3. The summed E-state index contributed by atoms with van der Waals surface area (Å²) >= 11 is 12.6. The van der Waals surface area contributed by atoms with Crippen molar-refractivity contribution in [2.75, 3.05) is 38.7 Å². The molecule has 0 spiro atoms. The monoisotopic (exact) mass is 711 g/mol. The van der Waals surface area contributed by atoms with E-state index in [-0.39, 0.29) is 29.3 Å². The maximum absolute atomic E-state index is 13.9. The summed E-state index contributed by atoms with van der Waals surface area (Å²) in [6, 6.07) is 23.8. The molecule has 12 heteroatoms. The van der Waals surface area contributed by atoms with Crippen molar-refractivity contribution in [3.05, 3.63) is 105 Å². The number of fused-ring (bicyclic) bond motifs is 1. The Balaban J connectivity index is 1.35. The highest BCUT2D eigenvalue weighted by atomic mass is 35.5. The third kappa shape index (κ3) is 8.53. The van der Waals surface area contributed by atoms with Gasteiger partial charge in [-0.25, -0.2) is 0 Å². The smallest absolute Gasteiger partial charge is 0.306 e. The van der Waals surface area contributed by atoms with Gasteiger partial charge in [-0.15, -0.1) is 0 Å². The van der Waals surface area contributed by atoms with E-state index in [1.165, 1.54) is 6.07 Å². The molecule has 0 radical (unpaired) electrons. The summed E-state index contributed by atoms with van der Waals surface area (Å²) in [5.41, 5.74) is 1.98. The van der Waals surface area contributed by atoms with Crippen molar-refractivity contribution in [2.24, 2.45) is 0 Å². The summed E-state index contributed by atoms with van der Waals surface area (Å²) in [5.74, 6) is -0.665. The van der Waals surface area contributed by atoms with Gasteiger partial charge in [-0.05, 0) is 91.0 Å². The summed E-state index contributed by atoms with van der Waals surface area (Å²) in [6.45, 7) is 2.75. The zero-order valence-electron chi connectivity index (χ0n) is 26.0. The number of hydrogen-bond donors (Lipinski definition) is 1. The van der Waals surface area contributed by atoms with Crippen LogP contribution in [0, 0.1) is 11.3 Å². The molecule has 0 aromatic heterocycles. The molecular formula is C35H35Cl2N3O5S2. The average molecular weight is 713 g/mol. The number of nitrogens with zero attached hydrogens (tertiary/aromatic N) is 2. The van der Waals surface area contributed by atoms with Gasteiger partial charge in [0.05, 0.1) is 38.2 Å².